The summed E-state index contributed by atoms with van der Waals surface area (Å²) in [5, 5.41) is 8.97. The zero-order valence-electron chi connectivity index (χ0n) is 16.6. The van der Waals surface area contributed by atoms with Crippen LogP contribution in [0.1, 0.15) is 24.8 Å². The van der Waals surface area contributed by atoms with Gasteiger partial charge in [0.25, 0.3) is 0 Å². The number of carbonyl (C=O) groups excluding carboxylic acids is 2. The minimum atomic E-state index is -4.04. The SMILES string of the molecule is O=C(O)C(=O)CC(=O)C1(c2ccccc2)CCN(S(=O)(=O)c2cc(Cl)c(Cl)cc2Cl)CC1. The molecule has 3 rings (SSSR count). The molecule has 1 fully saturated rings. The maximum Gasteiger partial charge on any atom is 0.372 e. The molecule has 0 saturated carbocycles. The largest absolute Gasteiger partial charge is 0.475 e. The fourth-order valence-corrected chi connectivity index (χ4v) is 6.24. The molecule has 0 aromatic heterocycles. The lowest BCUT2D eigenvalue weighted by atomic mass is 9.69. The number of aliphatic carboxylic acids is 1. The van der Waals surface area contributed by atoms with Gasteiger partial charge in [0.1, 0.15) is 4.90 Å². The van der Waals surface area contributed by atoms with Gasteiger partial charge in [-0.1, -0.05) is 65.1 Å². The molecule has 0 aliphatic carbocycles. The third kappa shape index (κ3) is 4.70. The van der Waals surface area contributed by atoms with E-state index in [1.807, 2.05) is 0 Å². The lowest BCUT2D eigenvalue weighted by Crippen LogP contribution is -2.49. The lowest BCUT2D eigenvalue weighted by molar-refractivity contribution is -0.150. The second-order valence-corrected chi connectivity index (χ2v) is 10.5. The van der Waals surface area contributed by atoms with E-state index in [0.717, 1.165) is 0 Å². The summed E-state index contributed by atoms with van der Waals surface area (Å²) in [5.41, 5.74) is -0.576. The van der Waals surface area contributed by atoms with Crippen molar-refractivity contribution in [2.24, 2.45) is 0 Å². The molecule has 1 aliphatic rings. The predicted octanol–water partition coefficient (Wildman–Crippen LogP) is 3.98. The number of hydrogen-bond donors (Lipinski definition) is 1. The Labute approximate surface area is 199 Å². The van der Waals surface area contributed by atoms with Gasteiger partial charge in [0.05, 0.1) is 26.9 Å². The Bertz CT molecular complexity index is 1180. The lowest BCUT2D eigenvalue weighted by Gasteiger charge is -2.40. The van der Waals surface area contributed by atoms with Crippen molar-refractivity contribution in [1.29, 1.82) is 0 Å². The molecule has 0 bridgehead atoms. The number of rotatable bonds is 7. The summed E-state index contributed by atoms with van der Waals surface area (Å²) in [6, 6.07) is 11.1. The van der Waals surface area contributed by atoms with Crippen LogP contribution in [-0.4, -0.2) is 48.5 Å². The van der Waals surface area contributed by atoms with Crippen molar-refractivity contribution in [2.75, 3.05) is 13.1 Å². The van der Waals surface area contributed by atoms with Crippen molar-refractivity contribution >= 4 is 62.4 Å². The quantitative estimate of drug-likeness (QED) is 0.337. The van der Waals surface area contributed by atoms with Crippen LogP contribution in [0.15, 0.2) is 47.4 Å². The summed E-state index contributed by atoms with van der Waals surface area (Å²) >= 11 is 18.0. The number of halogens is 3. The van der Waals surface area contributed by atoms with Gasteiger partial charge in [-0.3, -0.25) is 9.59 Å². The highest BCUT2D eigenvalue weighted by Gasteiger charge is 2.45. The first kappa shape index (κ1) is 24.7. The molecule has 32 heavy (non-hydrogen) atoms. The summed E-state index contributed by atoms with van der Waals surface area (Å²) in [5.74, 6) is -3.44. The normalized spacial score (nSPS) is 16.5. The Morgan fingerprint density at radius 1 is 0.938 bits per heavy atom. The molecule has 0 radical (unpaired) electrons. The molecule has 7 nitrogen and oxygen atoms in total. The van der Waals surface area contributed by atoms with Gasteiger partial charge in [-0.15, -0.1) is 0 Å². The van der Waals surface area contributed by atoms with E-state index in [-0.39, 0.29) is 45.9 Å². The van der Waals surface area contributed by atoms with Gasteiger partial charge in [-0.2, -0.15) is 4.31 Å². The highest BCUT2D eigenvalue weighted by molar-refractivity contribution is 7.89. The predicted molar refractivity (Wildman–Crippen MR) is 120 cm³/mol. The van der Waals surface area contributed by atoms with E-state index in [4.69, 9.17) is 39.9 Å². The first-order chi connectivity index (χ1) is 15.0. The van der Waals surface area contributed by atoms with Crippen molar-refractivity contribution in [1.82, 2.24) is 4.31 Å². The molecule has 2 aromatic rings. The zero-order chi connectivity index (χ0) is 23.7. The first-order valence-electron chi connectivity index (χ1n) is 9.49. The Balaban J connectivity index is 1.92. The van der Waals surface area contributed by atoms with Crippen LogP contribution in [-0.2, 0) is 29.8 Å². The van der Waals surface area contributed by atoms with Crippen LogP contribution in [0.2, 0.25) is 15.1 Å². The second kappa shape index (κ2) is 9.49. The van der Waals surface area contributed by atoms with Crippen LogP contribution >= 0.6 is 34.8 Å². The fourth-order valence-electron chi connectivity index (χ4n) is 3.83. The first-order valence-corrected chi connectivity index (χ1v) is 12.1. The number of Topliss-reactive ketones (excluding diaryl/α,β-unsaturated/α-hetero) is 2. The molecule has 170 valence electrons. The zero-order valence-corrected chi connectivity index (χ0v) is 19.6. The maximum atomic E-state index is 13.2. The number of piperidine rings is 1. The molecule has 11 heteroatoms. The van der Waals surface area contributed by atoms with Crippen molar-refractivity contribution in [2.45, 2.75) is 29.6 Å². The monoisotopic (exact) mass is 517 g/mol. The standard InChI is InChI=1S/C21H18Cl3NO6S/c22-14-10-16(24)18(11-15(14)23)32(30,31)25-8-6-21(7-9-25,13-4-2-1-3-5-13)19(27)12-17(26)20(28)29/h1-5,10-11H,6-9,12H2,(H,28,29). The van der Waals surface area contributed by atoms with Crippen molar-refractivity contribution in [3.8, 4) is 0 Å². The van der Waals surface area contributed by atoms with Gasteiger partial charge in [0.2, 0.25) is 15.8 Å². The van der Waals surface area contributed by atoms with Gasteiger partial charge < -0.3 is 5.11 Å². The van der Waals surface area contributed by atoms with E-state index in [0.29, 0.717) is 5.56 Å². The third-order valence-corrected chi connectivity index (χ3v) is 8.67. The van der Waals surface area contributed by atoms with Crippen LogP contribution in [0.5, 0.6) is 0 Å². The number of carbonyl (C=O) groups is 3. The van der Waals surface area contributed by atoms with E-state index in [1.165, 1.54) is 16.4 Å². The Hall–Kier alpha value is -1.97. The number of carboxylic acid groups (broad SMARTS) is 1. The number of carboxylic acids is 1. The summed E-state index contributed by atoms with van der Waals surface area (Å²) in [6.45, 7) is -0.0817. The highest BCUT2D eigenvalue weighted by Crippen LogP contribution is 2.40. The van der Waals surface area contributed by atoms with E-state index < -0.39 is 39.4 Å². The maximum absolute atomic E-state index is 13.2. The second-order valence-electron chi connectivity index (χ2n) is 7.38. The molecule has 0 unspecified atom stereocenters. The Morgan fingerprint density at radius 3 is 2.06 bits per heavy atom. The smallest absolute Gasteiger partial charge is 0.372 e. The summed E-state index contributed by atoms with van der Waals surface area (Å²) in [7, 11) is -4.04. The van der Waals surface area contributed by atoms with Gasteiger partial charge in [0.15, 0.2) is 5.78 Å². The van der Waals surface area contributed by atoms with E-state index >= 15 is 0 Å². The Kier molecular flexibility index (Phi) is 7.31. The topological polar surface area (TPSA) is 109 Å². The molecular formula is C21H18Cl3NO6S. The highest BCUT2D eigenvalue weighted by atomic mass is 35.5. The molecule has 1 saturated heterocycles. The van der Waals surface area contributed by atoms with Crippen LogP contribution in [0.25, 0.3) is 0 Å². The van der Waals surface area contributed by atoms with Crippen LogP contribution in [0.4, 0.5) is 0 Å². The van der Waals surface area contributed by atoms with Crippen molar-refractivity contribution < 1.29 is 27.9 Å². The fraction of sp³-hybridized carbons (Fsp3) is 0.286. The number of nitrogens with zero attached hydrogens (tertiary/aromatic N) is 1. The van der Waals surface area contributed by atoms with Crippen molar-refractivity contribution in [3.63, 3.8) is 0 Å². The van der Waals surface area contributed by atoms with Crippen LogP contribution < -0.4 is 0 Å². The van der Waals surface area contributed by atoms with E-state index in [9.17, 15) is 22.8 Å². The molecule has 1 N–H and O–H groups in total. The molecule has 0 amide bonds. The number of hydrogen-bond acceptors (Lipinski definition) is 5. The summed E-state index contributed by atoms with van der Waals surface area (Å²) < 4.78 is 27.5. The minimum absolute atomic E-state index is 0.0349. The Morgan fingerprint density at radius 2 is 1.50 bits per heavy atom. The number of ketones is 2. The van der Waals surface area contributed by atoms with Gasteiger partial charge in [0, 0.05) is 13.1 Å². The average Bonchev–Trinajstić information content (AvgIpc) is 2.76. The van der Waals surface area contributed by atoms with E-state index in [1.54, 1.807) is 30.3 Å². The molecular weight excluding hydrogens is 501 g/mol. The number of sulfonamides is 1. The molecule has 0 spiro atoms. The van der Waals surface area contributed by atoms with Gasteiger partial charge >= 0.3 is 5.97 Å². The van der Waals surface area contributed by atoms with Gasteiger partial charge in [-0.25, -0.2) is 13.2 Å². The number of benzene rings is 2. The molecule has 1 heterocycles. The van der Waals surface area contributed by atoms with Crippen LogP contribution in [0, 0.1) is 0 Å². The molecule has 0 atom stereocenters. The average molecular weight is 519 g/mol. The summed E-state index contributed by atoms with van der Waals surface area (Å²) in [6.07, 6.45) is -0.628. The van der Waals surface area contributed by atoms with E-state index in [2.05, 4.69) is 0 Å². The van der Waals surface area contributed by atoms with Crippen molar-refractivity contribution in [3.05, 3.63) is 63.1 Å². The molecule has 2 aromatic carbocycles. The molecule has 1 aliphatic heterocycles. The minimum Gasteiger partial charge on any atom is -0.475 e. The third-order valence-electron chi connectivity index (χ3n) is 5.59. The summed E-state index contributed by atoms with van der Waals surface area (Å²) in [4.78, 5) is 35.6. The van der Waals surface area contributed by atoms with Gasteiger partial charge in [-0.05, 0) is 30.5 Å². The van der Waals surface area contributed by atoms with Crippen LogP contribution in [0.3, 0.4) is 0 Å².